The summed E-state index contributed by atoms with van der Waals surface area (Å²) in [6.45, 7) is 8.10. The molecule has 1 aromatic carbocycles. The third kappa shape index (κ3) is 4.02. The SMILES string of the molecule is CCCNCc1sc(-c2cc(Cl)ccc2F)nc1C(C)C. The summed E-state index contributed by atoms with van der Waals surface area (Å²) in [6.07, 6.45) is 1.09. The van der Waals surface area contributed by atoms with E-state index >= 15 is 0 Å². The van der Waals surface area contributed by atoms with Crippen LogP contribution in [0.4, 0.5) is 4.39 Å². The fourth-order valence-corrected chi connectivity index (χ4v) is 3.47. The number of hydrogen-bond acceptors (Lipinski definition) is 3. The summed E-state index contributed by atoms with van der Waals surface area (Å²) in [7, 11) is 0. The van der Waals surface area contributed by atoms with Gasteiger partial charge in [-0.3, -0.25) is 0 Å². The zero-order valence-electron chi connectivity index (χ0n) is 12.5. The highest BCUT2D eigenvalue weighted by molar-refractivity contribution is 7.15. The van der Waals surface area contributed by atoms with E-state index in [9.17, 15) is 4.39 Å². The minimum absolute atomic E-state index is 0.281. The first-order valence-corrected chi connectivity index (χ1v) is 8.38. The first kappa shape index (κ1) is 16.4. The monoisotopic (exact) mass is 326 g/mol. The lowest BCUT2D eigenvalue weighted by atomic mass is 10.1. The number of halogens is 2. The van der Waals surface area contributed by atoms with Crippen LogP contribution in [0.1, 0.15) is 43.7 Å². The van der Waals surface area contributed by atoms with Crippen molar-refractivity contribution >= 4 is 22.9 Å². The van der Waals surface area contributed by atoms with Crippen LogP contribution in [0.2, 0.25) is 5.02 Å². The van der Waals surface area contributed by atoms with E-state index in [0.29, 0.717) is 21.5 Å². The number of nitrogens with one attached hydrogen (secondary N) is 1. The van der Waals surface area contributed by atoms with Crippen LogP contribution in [0.15, 0.2) is 18.2 Å². The summed E-state index contributed by atoms with van der Waals surface area (Å²) in [5.74, 6) is 0.0344. The van der Waals surface area contributed by atoms with Crippen LogP contribution in [0, 0.1) is 5.82 Å². The normalized spacial score (nSPS) is 11.3. The summed E-state index contributed by atoms with van der Waals surface area (Å²) in [4.78, 5) is 5.81. The zero-order valence-corrected chi connectivity index (χ0v) is 14.1. The van der Waals surface area contributed by atoms with E-state index in [1.807, 2.05) is 0 Å². The van der Waals surface area contributed by atoms with Crippen molar-refractivity contribution in [1.29, 1.82) is 0 Å². The molecule has 21 heavy (non-hydrogen) atoms. The molecular weight excluding hydrogens is 307 g/mol. The fourth-order valence-electron chi connectivity index (χ4n) is 2.10. The second kappa shape index (κ2) is 7.34. The number of thiazole rings is 1. The summed E-state index contributed by atoms with van der Waals surface area (Å²) < 4.78 is 14.0. The van der Waals surface area contributed by atoms with Crippen molar-refractivity contribution in [1.82, 2.24) is 10.3 Å². The lowest BCUT2D eigenvalue weighted by Crippen LogP contribution is -2.14. The van der Waals surface area contributed by atoms with Crippen molar-refractivity contribution in [2.75, 3.05) is 6.54 Å². The molecule has 0 fully saturated rings. The van der Waals surface area contributed by atoms with Crippen molar-refractivity contribution in [2.24, 2.45) is 0 Å². The van der Waals surface area contributed by atoms with Gasteiger partial charge in [-0.05, 0) is 37.1 Å². The van der Waals surface area contributed by atoms with E-state index in [4.69, 9.17) is 11.6 Å². The molecule has 0 amide bonds. The van der Waals surface area contributed by atoms with Gasteiger partial charge in [-0.25, -0.2) is 9.37 Å². The smallest absolute Gasteiger partial charge is 0.133 e. The van der Waals surface area contributed by atoms with Crippen molar-refractivity contribution in [3.8, 4) is 10.6 Å². The molecule has 0 bridgehead atoms. The molecule has 5 heteroatoms. The molecule has 0 saturated carbocycles. The number of nitrogens with zero attached hydrogens (tertiary/aromatic N) is 1. The van der Waals surface area contributed by atoms with Crippen LogP contribution in [0.25, 0.3) is 10.6 Å². The second-order valence-corrected chi connectivity index (χ2v) is 6.80. The van der Waals surface area contributed by atoms with Crippen molar-refractivity contribution in [3.63, 3.8) is 0 Å². The van der Waals surface area contributed by atoms with Gasteiger partial charge in [-0.1, -0.05) is 32.4 Å². The third-order valence-electron chi connectivity index (χ3n) is 3.15. The number of rotatable bonds is 6. The molecule has 2 aromatic rings. The quantitative estimate of drug-likeness (QED) is 0.736. The summed E-state index contributed by atoms with van der Waals surface area (Å²) in [5.41, 5.74) is 1.52. The van der Waals surface area contributed by atoms with E-state index in [1.165, 1.54) is 10.9 Å². The van der Waals surface area contributed by atoms with Gasteiger partial charge in [0.15, 0.2) is 0 Å². The average molecular weight is 327 g/mol. The third-order valence-corrected chi connectivity index (χ3v) is 4.49. The van der Waals surface area contributed by atoms with Gasteiger partial charge in [0.05, 0.1) is 5.69 Å². The molecule has 1 N–H and O–H groups in total. The molecule has 0 aliphatic heterocycles. The largest absolute Gasteiger partial charge is 0.312 e. The van der Waals surface area contributed by atoms with Crippen molar-refractivity contribution in [3.05, 3.63) is 39.6 Å². The Bertz CT molecular complexity index is 610. The first-order valence-electron chi connectivity index (χ1n) is 7.18. The van der Waals surface area contributed by atoms with Gasteiger partial charge in [0, 0.05) is 22.0 Å². The van der Waals surface area contributed by atoms with Crippen LogP contribution in [0.3, 0.4) is 0 Å². The highest BCUT2D eigenvalue weighted by Crippen LogP contribution is 2.34. The Morgan fingerprint density at radius 3 is 2.81 bits per heavy atom. The summed E-state index contributed by atoms with van der Waals surface area (Å²) in [5, 5.41) is 4.62. The van der Waals surface area contributed by atoms with Crippen molar-refractivity contribution < 1.29 is 4.39 Å². The van der Waals surface area contributed by atoms with E-state index in [0.717, 1.165) is 25.2 Å². The predicted molar refractivity (Wildman–Crippen MR) is 88.6 cm³/mol. The lowest BCUT2D eigenvalue weighted by molar-refractivity contribution is 0.631. The molecule has 0 aliphatic rings. The maximum atomic E-state index is 14.0. The molecule has 0 atom stereocenters. The molecular formula is C16H20ClFN2S. The lowest BCUT2D eigenvalue weighted by Gasteiger charge is -2.05. The molecule has 2 nitrogen and oxygen atoms in total. The van der Waals surface area contributed by atoms with Gasteiger partial charge in [-0.2, -0.15) is 0 Å². The predicted octanol–water partition coefficient (Wildman–Crippen LogP) is 5.23. The Balaban J connectivity index is 2.36. The Hall–Kier alpha value is -0.970. The van der Waals surface area contributed by atoms with Crippen molar-refractivity contribution in [2.45, 2.75) is 39.7 Å². The Labute approximate surface area is 134 Å². The van der Waals surface area contributed by atoms with Gasteiger partial charge in [0.2, 0.25) is 0 Å². The topological polar surface area (TPSA) is 24.9 Å². The molecule has 0 saturated heterocycles. The van der Waals surface area contributed by atoms with Gasteiger partial charge in [0.25, 0.3) is 0 Å². The molecule has 0 radical (unpaired) electrons. The molecule has 0 aliphatic carbocycles. The highest BCUT2D eigenvalue weighted by Gasteiger charge is 2.17. The van der Waals surface area contributed by atoms with Gasteiger partial charge < -0.3 is 5.32 Å². The van der Waals surface area contributed by atoms with Crippen LogP contribution in [0.5, 0.6) is 0 Å². The number of benzene rings is 1. The van der Waals surface area contributed by atoms with Crippen LogP contribution >= 0.6 is 22.9 Å². The molecule has 0 spiro atoms. The molecule has 114 valence electrons. The maximum Gasteiger partial charge on any atom is 0.133 e. The van der Waals surface area contributed by atoms with Crippen LogP contribution < -0.4 is 5.32 Å². The number of aromatic nitrogens is 1. The fraction of sp³-hybridized carbons (Fsp3) is 0.438. The average Bonchev–Trinajstić information content (AvgIpc) is 2.86. The summed E-state index contributed by atoms with van der Waals surface area (Å²) in [6, 6.07) is 4.59. The standard InChI is InChI=1S/C16H20ClFN2S/c1-4-7-19-9-14-15(10(2)3)20-16(21-14)12-8-11(17)5-6-13(12)18/h5-6,8,10,19H,4,7,9H2,1-3H3. The Morgan fingerprint density at radius 1 is 1.38 bits per heavy atom. The highest BCUT2D eigenvalue weighted by atomic mass is 35.5. The van der Waals surface area contributed by atoms with E-state index in [2.05, 4.69) is 31.1 Å². The first-order chi connectivity index (χ1) is 10.0. The van der Waals surface area contributed by atoms with E-state index in [-0.39, 0.29) is 5.82 Å². The van der Waals surface area contributed by atoms with E-state index < -0.39 is 0 Å². The van der Waals surface area contributed by atoms with Gasteiger partial charge in [-0.15, -0.1) is 11.3 Å². The number of hydrogen-bond donors (Lipinski definition) is 1. The van der Waals surface area contributed by atoms with E-state index in [1.54, 1.807) is 23.5 Å². The molecule has 0 unspecified atom stereocenters. The Morgan fingerprint density at radius 2 is 2.14 bits per heavy atom. The maximum absolute atomic E-state index is 14.0. The minimum Gasteiger partial charge on any atom is -0.312 e. The molecule has 2 rings (SSSR count). The van der Waals surface area contributed by atoms with Crippen LogP contribution in [-0.4, -0.2) is 11.5 Å². The second-order valence-electron chi connectivity index (χ2n) is 5.28. The molecule has 1 aromatic heterocycles. The minimum atomic E-state index is -0.281. The zero-order chi connectivity index (χ0) is 15.4. The van der Waals surface area contributed by atoms with Crippen LogP contribution in [-0.2, 0) is 6.54 Å². The van der Waals surface area contributed by atoms with Gasteiger partial charge >= 0.3 is 0 Å². The van der Waals surface area contributed by atoms with Gasteiger partial charge in [0.1, 0.15) is 10.8 Å². The summed E-state index contributed by atoms with van der Waals surface area (Å²) >= 11 is 7.52. The molecule has 1 heterocycles. The Kier molecular flexibility index (Phi) is 5.73.